The summed E-state index contributed by atoms with van der Waals surface area (Å²) in [5.41, 5.74) is 11.0. The molecule has 1 heterocycles. The Morgan fingerprint density at radius 2 is 1.95 bits per heavy atom. The molecule has 0 aliphatic heterocycles. The molecular weight excluding hydrogens is 246 g/mol. The summed E-state index contributed by atoms with van der Waals surface area (Å²) in [6.07, 6.45) is 0.755. The Kier molecular flexibility index (Phi) is 3.28. The molecule has 3 rings (SSSR count). The van der Waals surface area contributed by atoms with Gasteiger partial charge in [0.15, 0.2) is 0 Å². The van der Waals surface area contributed by atoms with Crippen molar-refractivity contribution in [2.24, 2.45) is 12.8 Å². The zero-order valence-electron chi connectivity index (χ0n) is 11.9. The van der Waals surface area contributed by atoms with E-state index in [2.05, 4.69) is 48.4 Å². The lowest BCUT2D eigenvalue weighted by atomic mass is 10.00. The van der Waals surface area contributed by atoms with E-state index in [1.165, 1.54) is 16.5 Å². The van der Waals surface area contributed by atoms with Crippen molar-refractivity contribution in [2.45, 2.75) is 19.4 Å². The number of benzene rings is 2. The monoisotopic (exact) mass is 265 g/mol. The predicted molar refractivity (Wildman–Crippen MR) is 82.5 cm³/mol. The van der Waals surface area contributed by atoms with E-state index >= 15 is 0 Å². The predicted octanol–water partition coefficient (Wildman–Crippen LogP) is 3.12. The second-order valence-corrected chi connectivity index (χ2v) is 5.31. The molecule has 0 radical (unpaired) electrons. The van der Waals surface area contributed by atoms with Gasteiger partial charge in [-0.25, -0.2) is 0 Å². The quantitative estimate of drug-likeness (QED) is 0.790. The summed E-state index contributed by atoms with van der Waals surface area (Å²) in [6.45, 7) is 2.09. The fourth-order valence-corrected chi connectivity index (χ4v) is 2.67. The van der Waals surface area contributed by atoms with Crippen molar-refractivity contribution < 1.29 is 0 Å². The molecule has 1 atom stereocenters. The zero-order valence-corrected chi connectivity index (χ0v) is 11.9. The van der Waals surface area contributed by atoms with E-state index in [1.807, 2.05) is 23.9 Å². The molecule has 1 aromatic heterocycles. The molecule has 20 heavy (non-hydrogen) atoms. The van der Waals surface area contributed by atoms with E-state index in [0.717, 1.165) is 17.6 Å². The summed E-state index contributed by atoms with van der Waals surface area (Å²) in [6, 6.07) is 16.6. The molecule has 0 aliphatic carbocycles. The SMILES string of the molecule is Cc1cccc(C(N)Cc2nn(C)c3ccccc23)c1. The standard InChI is InChI=1S/C17H19N3/c1-12-6-5-7-13(10-12)15(18)11-16-14-8-3-4-9-17(14)20(2)19-16/h3-10,15H,11,18H2,1-2H3. The number of nitrogens with two attached hydrogens (primary N) is 1. The summed E-state index contributed by atoms with van der Waals surface area (Å²) >= 11 is 0. The van der Waals surface area contributed by atoms with Crippen LogP contribution in [0.1, 0.15) is 22.9 Å². The average molecular weight is 265 g/mol. The minimum absolute atomic E-state index is 0.0202. The highest BCUT2D eigenvalue weighted by molar-refractivity contribution is 5.81. The topological polar surface area (TPSA) is 43.8 Å². The van der Waals surface area contributed by atoms with E-state index in [0.29, 0.717) is 0 Å². The molecule has 2 aromatic carbocycles. The third-order valence-corrected chi connectivity index (χ3v) is 3.72. The Balaban J connectivity index is 1.93. The van der Waals surface area contributed by atoms with Crippen LogP contribution in [-0.4, -0.2) is 9.78 Å². The normalized spacial score (nSPS) is 12.8. The molecule has 0 fully saturated rings. The first-order chi connectivity index (χ1) is 9.65. The van der Waals surface area contributed by atoms with Gasteiger partial charge in [-0.2, -0.15) is 5.10 Å². The van der Waals surface area contributed by atoms with Crippen LogP contribution in [0, 0.1) is 6.92 Å². The molecule has 3 nitrogen and oxygen atoms in total. The Morgan fingerprint density at radius 3 is 2.75 bits per heavy atom. The zero-order chi connectivity index (χ0) is 14.1. The van der Waals surface area contributed by atoms with Crippen LogP contribution in [0.2, 0.25) is 0 Å². The second kappa shape index (κ2) is 5.10. The average Bonchev–Trinajstić information content (AvgIpc) is 2.76. The minimum atomic E-state index is -0.0202. The first kappa shape index (κ1) is 12.9. The highest BCUT2D eigenvalue weighted by atomic mass is 15.3. The van der Waals surface area contributed by atoms with Crippen LogP contribution in [0.4, 0.5) is 0 Å². The van der Waals surface area contributed by atoms with Crippen LogP contribution in [0.25, 0.3) is 10.9 Å². The lowest BCUT2D eigenvalue weighted by molar-refractivity contribution is 0.682. The van der Waals surface area contributed by atoms with Crippen molar-refractivity contribution >= 4 is 10.9 Å². The molecule has 0 bridgehead atoms. The lowest BCUT2D eigenvalue weighted by Crippen LogP contribution is -2.14. The molecule has 0 spiro atoms. The van der Waals surface area contributed by atoms with Crippen LogP contribution in [-0.2, 0) is 13.5 Å². The van der Waals surface area contributed by atoms with Crippen LogP contribution >= 0.6 is 0 Å². The molecule has 0 saturated heterocycles. The maximum absolute atomic E-state index is 6.35. The molecule has 102 valence electrons. The van der Waals surface area contributed by atoms with E-state index < -0.39 is 0 Å². The fraction of sp³-hybridized carbons (Fsp3) is 0.235. The third kappa shape index (κ3) is 2.32. The number of fused-ring (bicyclic) bond motifs is 1. The molecular formula is C17H19N3. The van der Waals surface area contributed by atoms with Gasteiger partial charge in [0, 0.05) is 24.9 Å². The number of rotatable bonds is 3. The van der Waals surface area contributed by atoms with Crippen molar-refractivity contribution in [1.82, 2.24) is 9.78 Å². The van der Waals surface area contributed by atoms with Gasteiger partial charge >= 0.3 is 0 Å². The van der Waals surface area contributed by atoms with Crippen molar-refractivity contribution in [2.75, 3.05) is 0 Å². The Labute approximate surface area is 119 Å². The van der Waals surface area contributed by atoms with Gasteiger partial charge in [0.2, 0.25) is 0 Å². The highest BCUT2D eigenvalue weighted by Gasteiger charge is 2.13. The molecule has 0 saturated carbocycles. The number of aromatic nitrogens is 2. The summed E-state index contributed by atoms with van der Waals surface area (Å²) in [4.78, 5) is 0. The smallest absolute Gasteiger partial charge is 0.0722 e. The van der Waals surface area contributed by atoms with Gasteiger partial charge in [-0.1, -0.05) is 48.0 Å². The van der Waals surface area contributed by atoms with Crippen LogP contribution in [0.3, 0.4) is 0 Å². The first-order valence-corrected chi connectivity index (χ1v) is 6.88. The van der Waals surface area contributed by atoms with Crippen molar-refractivity contribution in [3.63, 3.8) is 0 Å². The highest BCUT2D eigenvalue weighted by Crippen LogP contribution is 2.22. The molecule has 3 aromatic rings. The van der Waals surface area contributed by atoms with Gasteiger partial charge in [-0.05, 0) is 18.6 Å². The van der Waals surface area contributed by atoms with Crippen molar-refractivity contribution in [3.05, 3.63) is 65.4 Å². The number of hydrogen-bond acceptors (Lipinski definition) is 2. The van der Waals surface area contributed by atoms with E-state index in [9.17, 15) is 0 Å². The summed E-state index contributed by atoms with van der Waals surface area (Å²) < 4.78 is 1.92. The maximum atomic E-state index is 6.35. The van der Waals surface area contributed by atoms with Crippen LogP contribution < -0.4 is 5.73 Å². The molecule has 2 N–H and O–H groups in total. The molecule has 3 heteroatoms. The second-order valence-electron chi connectivity index (χ2n) is 5.31. The van der Waals surface area contributed by atoms with Gasteiger partial charge < -0.3 is 5.73 Å². The van der Waals surface area contributed by atoms with E-state index in [1.54, 1.807) is 0 Å². The minimum Gasteiger partial charge on any atom is -0.324 e. The Bertz CT molecular complexity index is 743. The molecule has 0 amide bonds. The largest absolute Gasteiger partial charge is 0.324 e. The molecule has 0 aliphatic rings. The Hall–Kier alpha value is -2.13. The maximum Gasteiger partial charge on any atom is 0.0722 e. The third-order valence-electron chi connectivity index (χ3n) is 3.72. The summed E-state index contributed by atoms with van der Waals surface area (Å²) in [7, 11) is 1.98. The number of para-hydroxylation sites is 1. The van der Waals surface area contributed by atoms with Gasteiger partial charge in [0.1, 0.15) is 0 Å². The van der Waals surface area contributed by atoms with Crippen LogP contribution in [0.5, 0.6) is 0 Å². The Morgan fingerprint density at radius 1 is 1.15 bits per heavy atom. The van der Waals surface area contributed by atoms with Crippen molar-refractivity contribution in [1.29, 1.82) is 0 Å². The summed E-state index contributed by atoms with van der Waals surface area (Å²) in [5, 5.41) is 5.81. The first-order valence-electron chi connectivity index (χ1n) is 6.88. The van der Waals surface area contributed by atoms with Gasteiger partial charge in [-0.3, -0.25) is 4.68 Å². The van der Waals surface area contributed by atoms with Gasteiger partial charge in [0.25, 0.3) is 0 Å². The fourth-order valence-electron chi connectivity index (χ4n) is 2.67. The molecule has 1 unspecified atom stereocenters. The van der Waals surface area contributed by atoms with E-state index in [-0.39, 0.29) is 6.04 Å². The van der Waals surface area contributed by atoms with Crippen molar-refractivity contribution in [3.8, 4) is 0 Å². The van der Waals surface area contributed by atoms with Crippen LogP contribution in [0.15, 0.2) is 48.5 Å². The number of hydrogen-bond donors (Lipinski definition) is 1. The number of nitrogens with zero attached hydrogens (tertiary/aromatic N) is 2. The van der Waals surface area contributed by atoms with E-state index in [4.69, 9.17) is 5.73 Å². The number of aryl methyl sites for hydroxylation is 2. The lowest BCUT2D eigenvalue weighted by Gasteiger charge is -2.11. The van der Waals surface area contributed by atoms with Gasteiger partial charge in [-0.15, -0.1) is 0 Å². The summed E-state index contributed by atoms with van der Waals surface area (Å²) in [5.74, 6) is 0. The van der Waals surface area contributed by atoms with Gasteiger partial charge in [0.05, 0.1) is 11.2 Å².